The van der Waals surface area contributed by atoms with E-state index in [1.165, 1.54) is 17.6 Å². The van der Waals surface area contributed by atoms with E-state index in [0.29, 0.717) is 12.3 Å². The summed E-state index contributed by atoms with van der Waals surface area (Å²) in [6.45, 7) is 4.36. The molecule has 1 atom stereocenters. The van der Waals surface area contributed by atoms with E-state index in [1.54, 1.807) is 11.8 Å². The highest BCUT2D eigenvalue weighted by atomic mass is 32.2. The molecule has 0 heterocycles. The van der Waals surface area contributed by atoms with Gasteiger partial charge >= 0.3 is 5.97 Å². The van der Waals surface area contributed by atoms with Crippen molar-refractivity contribution in [2.24, 2.45) is 5.73 Å². The lowest BCUT2D eigenvalue weighted by atomic mass is 10.0. The minimum Gasteiger partial charge on any atom is -0.468 e. The van der Waals surface area contributed by atoms with Crippen molar-refractivity contribution < 1.29 is 9.53 Å². The Balaban J connectivity index is 2.38. The van der Waals surface area contributed by atoms with Crippen LogP contribution in [0.1, 0.15) is 31.7 Å². The number of esters is 1. The number of thioether (sulfide) groups is 1. The number of benzene rings is 1. The smallest absolute Gasteiger partial charge is 0.322 e. The standard InChI is InChI=1S/C14H21NO2S/c1-10(2)11-4-6-12(7-5-11)18-9-8-13(15)14(16)17-3/h4-7,10,13H,8-9,15H2,1-3H3. The zero-order valence-electron chi connectivity index (χ0n) is 11.2. The molecule has 0 bridgehead atoms. The van der Waals surface area contributed by atoms with E-state index in [0.717, 1.165) is 5.75 Å². The SMILES string of the molecule is COC(=O)C(N)CCSc1ccc(C(C)C)cc1. The number of hydrogen-bond acceptors (Lipinski definition) is 4. The number of ether oxygens (including phenoxy) is 1. The van der Waals surface area contributed by atoms with Crippen LogP contribution in [0.2, 0.25) is 0 Å². The fourth-order valence-corrected chi connectivity index (χ4v) is 2.46. The van der Waals surface area contributed by atoms with Gasteiger partial charge in [-0.05, 0) is 30.0 Å². The van der Waals surface area contributed by atoms with Crippen LogP contribution in [0.3, 0.4) is 0 Å². The van der Waals surface area contributed by atoms with Crippen molar-refractivity contribution in [1.29, 1.82) is 0 Å². The zero-order valence-corrected chi connectivity index (χ0v) is 12.0. The van der Waals surface area contributed by atoms with Gasteiger partial charge in [0.2, 0.25) is 0 Å². The fourth-order valence-electron chi connectivity index (χ4n) is 1.52. The summed E-state index contributed by atoms with van der Waals surface area (Å²) in [6.07, 6.45) is 0.628. The zero-order chi connectivity index (χ0) is 13.5. The maximum Gasteiger partial charge on any atom is 0.322 e. The number of nitrogens with two attached hydrogens (primary N) is 1. The number of hydrogen-bond donors (Lipinski definition) is 1. The van der Waals surface area contributed by atoms with E-state index in [4.69, 9.17) is 5.73 Å². The van der Waals surface area contributed by atoms with Crippen LogP contribution in [0.15, 0.2) is 29.2 Å². The third kappa shape index (κ3) is 4.70. The number of methoxy groups -OCH3 is 1. The first-order valence-electron chi connectivity index (χ1n) is 6.10. The second-order valence-corrected chi connectivity index (χ2v) is 5.66. The van der Waals surface area contributed by atoms with Gasteiger partial charge in [-0.1, -0.05) is 26.0 Å². The Morgan fingerprint density at radius 3 is 2.44 bits per heavy atom. The van der Waals surface area contributed by atoms with Crippen LogP contribution in [0.25, 0.3) is 0 Å². The molecule has 3 nitrogen and oxygen atoms in total. The van der Waals surface area contributed by atoms with Crippen LogP contribution in [-0.4, -0.2) is 24.9 Å². The molecule has 1 aromatic carbocycles. The molecular weight excluding hydrogens is 246 g/mol. The molecule has 18 heavy (non-hydrogen) atoms. The monoisotopic (exact) mass is 267 g/mol. The van der Waals surface area contributed by atoms with Gasteiger partial charge < -0.3 is 10.5 Å². The lowest BCUT2D eigenvalue weighted by Gasteiger charge is -2.09. The molecule has 4 heteroatoms. The number of carbonyl (C=O) groups is 1. The molecule has 0 saturated carbocycles. The Kier molecular flexibility index (Phi) is 6.22. The van der Waals surface area contributed by atoms with Crippen molar-refractivity contribution in [2.75, 3.05) is 12.9 Å². The van der Waals surface area contributed by atoms with Gasteiger partial charge in [0.15, 0.2) is 0 Å². The summed E-state index contributed by atoms with van der Waals surface area (Å²) in [6, 6.07) is 8.01. The van der Waals surface area contributed by atoms with Gasteiger partial charge in [-0.2, -0.15) is 0 Å². The fraction of sp³-hybridized carbons (Fsp3) is 0.500. The number of rotatable bonds is 6. The maximum atomic E-state index is 11.1. The highest BCUT2D eigenvalue weighted by molar-refractivity contribution is 7.99. The summed E-state index contributed by atoms with van der Waals surface area (Å²) < 4.78 is 4.58. The lowest BCUT2D eigenvalue weighted by molar-refractivity contribution is -0.142. The molecule has 0 spiro atoms. The highest BCUT2D eigenvalue weighted by Crippen LogP contribution is 2.22. The van der Waals surface area contributed by atoms with E-state index < -0.39 is 6.04 Å². The van der Waals surface area contributed by atoms with Crippen LogP contribution >= 0.6 is 11.8 Å². The van der Waals surface area contributed by atoms with Gasteiger partial charge in [0, 0.05) is 10.6 Å². The molecule has 0 fully saturated rings. The van der Waals surface area contributed by atoms with Crippen LogP contribution in [0.4, 0.5) is 0 Å². The van der Waals surface area contributed by atoms with Crippen LogP contribution < -0.4 is 5.73 Å². The summed E-state index contributed by atoms with van der Waals surface area (Å²) in [5.74, 6) is 1.03. The molecule has 0 saturated heterocycles. The normalized spacial score (nSPS) is 12.5. The summed E-state index contributed by atoms with van der Waals surface area (Å²) >= 11 is 1.71. The van der Waals surface area contributed by atoms with E-state index in [9.17, 15) is 4.79 Å². The van der Waals surface area contributed by atoms with Gasteiger partial charge in [-0.25, -0.2) is 0 Å². The Morgan fingerprint density at radius 1 is 1.33 bits per heavy atom. The van der Waals surface area contributed by atoms with Crippen molar-refractivity contribution >= 4 is 17.7 Å². The summed E-state index contributed by atoms with van der Waals surface area (Å²) in [4.78, 5) is 12.3. The lowest BCUT2D eigenvalue weighted by Crippen LogP contribution is -2.31. The Morgan fingerprint density at radius 2 is 1.94 bits per heavy atom. The molecule has 0 amide bonds. The molecule has 1 aromatic rings. The van der Waals surface area contributed by atoms with Crippen molar-refractivity contribution in [3.63, 3.8) is 0 Å². The predicted molar refractivity (Wildman–Crippen MR) is 75.9 cm³/mol. The van der Waals surface area contributed by atoms with Crippen molar-refractivity contribution in [1.82, 2.24) is 0 Å². The van der Waals surface area contributed by atoms with Crippen molar-refractivity contribution in [2.45, 2.75) is 37.1 Å². The quantitative estimate of drug-likeness (QED) is 0.636. The largest absolute Gasteiger partial charge is 0.468 e. The Bertz CT molecular complexity index is 376. The molecule has 0 radical (unpaired) electrons. The summed E-state index contributed by atoms with van der Waals surface area (Å²) in [5, 5.41) is 0. The molecular formula is C14H21NO2S. The van der Waals surface area contributed by atoms with E-state index in [2.05, 4.69) is 42.8 Å². The van der Waals surface area contributed by atoms with Gasteiger partial charge in [0.1, 0.15) is 6.04 Å². The van der Waals surface area contributed by atoms with Crippen LogP contribution in [0.5, 0.6) is 0 Å². The average Bonchev–Trinajstić information content (AvgIpc) is 2.38. The molecule has 0 aliphatic carbocycles. The molecule has 0 aliphatic rings. The second-order valence-electron chi connectivity index (χ2n) is 4.49. The molecule has 2 N–H and O–H groups in total. The van der Waals surface area contributed by atoms with Crippen LogP contribution in [0, 0.1) is 0 Å². The van der Waals surface area contributed by atoms with Crippen LogP contribution in [-0.2, 0) is 9.53 Å². The first-order chi connectivity index (χ1) is 8.54. The third-order valence-electron chi connectivity index (χ3n) is 2.75. The first-order valence-corrected chi connectivity index (χ1v) is 7.09. The molecule has 0 aromatic heterocycles. The molecule has 1 unspecified atom stereocenters. The second kappa shape index (κ2) is 7.44. The summed E-state index contributed by atoms with van der Waals surface area (Å²) in [5.41, 5.74) is 7.01. The van der Waals surface area contributed by atoms with Crippen molar-refractivity contribution in [3.05, 3.63) is 29.8 Å². The van der Waals surface area contributed by atoms with Gasteiger partial charge in [0.05, 0.1) is 7.11 Å². The van der Waals surface area contributed by atoms with E-state index in [-0.39, 0.29) is 5.97 Å². The Labute approximate surface area is 113 Å². The minimum atomic E-state index is -0.516. The summed E-state index contributed by atoms with van der Waals surface area (Å²) in [7, 11) is 1.36. The Hall–Kier alpha value is -1.00. The first kappa shape index (κ1) is 15.1. The van der Waals surface area contributed by atoms with E-state index in [1.807, 2.05) is 0 Å². The molecule has 0 aliphatic heterocycles. The van der Waals surface area contributed by atoms with E-state index >= 15 is 0 Å². The minimum absolute atomic E-state index is 0.342. The average molecular weight is 267 g/mol. The van der Waals surface area contributed by atoms with Gasteiger partial charge in [0.25, 0.3) is 0 Å². The topological polar surface area (TPSA) is 52.3 Å². The number of carbonyl (C=O) groups excluding carboxylic acids is 1. The highest BCUT2D eigenvalue weighted by Gasteiger charge is 2.12. The van der Waals surface area contributed by atoms with Crippen molar-refractivity contribution in [3.8, 4) is 0 Å². The van der Waals surface area contributed by atoms with Gasteiger partial charge in [-0.15, -0.1) is 11.8 Å². The van der Waals surface area contributed by atoms with Gasteiger partial charge in [-0.3, -0.25) is 4.79 Å². The predicted octanol–water partition coefficient (Wildman–Crippen LogP) is 2.79. The molecule has 100 valence electrons. The third-order valence-corrected chi connectivity index (χ3v) is 3.79. The molecule has 1 rings (SSSR count). The maximum absolute atomic E-state index is 11.1.